The van der Waals surface area contributed by atoms with E-state index in [9.17, 15) is 0 Å². The molecule has 0 N–H and O–H groups in total. The summed E-state index contributed by atoms with van der Waals surface area (Å²) in [7, 11) is 0. The van der Waals surface area contributed by atoms with E-state index in [1.165, 1.54) is 61.5 Å². The highest BCUT2D eigenvalue weighted by Crippen LogP contribution is 2.27. The summed E-state index contributed by atoms with van der Waals surface area (Å²) in [4.78, 5) is 0. The van der Waals surface area contributed by atoms with Crippen LogP contribution in [0, 0.1) is 0 Å². The highest BCUT2D eigenvalue weighted by atomic mass is 14.2. The van der Waals surface area contributed by atoms with Gasteiger partial charge in [-0.15, -0.1) is 0 Å². The molecule has 0 aliphatic carbocycles. The van der Waals surface area contributed by atoms with Crippen LogP contribution < -0.4 is 16.4 Å². The molecule has 0 heterocycles. The molecular weight excluding hydrogens is 419 g/mol. The number of fused-ring (bicyclic) bond motifs is 3. The number of hydrogen-bond acceptors (Lipinski definition) is 0. The SMILES string of the molecule is CCCC[B-](c1cccc2ccccc12)(c1cccc2ccccc12)c1cccc2ccccc12. The summed E-state index contributed by atoms with van der Waals surface area (Å²) in [6.07, 6.45) is 2.21. The van der Waals surface area contributed by atoms with Gasteiger partial charge < -0.3 is 0 Å². The molecule has 0 saturated carbocycles. The molecule has 6 aromatic carbocycles. The summed E-state index contributed by atoms with van der Waals surface area (Å²) >= 11 is 0. The standard InChI is InChI=1S/C34H30B/c1-2-3-25-35(32-22-10-16-26-13-4-7-19-29(26)32,33-23-11-17-27-14-5-8-20-30(27)33)34-24-12-18-28-15-6-9-21-31(28)34/h4-24H,2-3,25H2,1H3/q-1. The van der Waals surface area contributed by atoms with Crippen LogP contribution in [-0.4, -0.2) is 6.15 Å². The van der Waals surface area contributed by atoms with Crippen LogP contribution in [0.3, 0.4) is 0 Å². The summed E-state index contributed by atoms with van der Waals surface area (Å²) in [5.41, 5.74) is 4.39. The fourth-order valence-corrected chi connectivity index (χ4v) is 6.52. The van der Waals surface area contributed by atoms with Crippen molar-refractivity contribution < 1.29 is 0 Å². The second-order valence-corrected chi connectivity index (χ2v) is 9.89. The first kappa shape index (κ1) is 21.7. The summed E-state index contributed by atoms with van der Waals surface area (Å²) in [5.74, 6) is 0. The minimum atomic E-state index is -1.25. The lowest BCUT2D eigenvalue weighted by atomic mass is 9.13. The Bertz CT molecular complexity index is 1440. The number of hydrogen-bond donors (Lipinski definition) is 0. The van der Waals surface area contributed by atoms with Crippen molar-refractivity contribution in [3.05, 3.63) is 127 Å². The fourth-order valence-electron chi connectivity index (χ4n) is 6.52. The molecule has 0 amide bonds. The molecule has 0 unspecified atom stereocenters. The molecule has 35 heavy (non-hydrogen) atoms. The van der Waals surface area contributed by atoms with Gasteiger partial charge in [-0.3, -0.25) is 0 Å². The van der Waals surface area contributed by atoms with E-state index in [1.807, 2.05) is 0 Å². The van der Waals surface area contributed by atoms with Gasteiger partial charge in [0.2, 0.25) is 0 Å². The molecule has 6 aromatic rings. The Morgan fingerprint density at radius 2 is 0.771 bits per heavy atom. The van der Waals surface area contributed by atoms with E-state index < -0.39 is 6.15 Å². The first-order valence-electron chi connectivity index (χ1n) is 12.9. The highest BCUT2D eigenvalue weighted by molar-refractivity contribution is 7.14. The number of unbranched alkanes of at least 4 members (excludes halogenated alkanes) is 1. The van der Waals surface area contributed by atoms with Crippen molar-refractivity contribution in [3.63, 3.8) is 0 Å². The van der Waals surface area contributed by atoms with Gasteiger partial charge in [0.25, 0.3) is 0 Å². The molecule has 1 heteroatoms. The van der Waals surface area contributed by atoms with Gasteiger partial charge in [0.1, 0.15) is 0 Å². The van der Waals surface area contributed by atoms with Crippen LogP contribution >= 0.6 is 0 Å². The average Bonchev–Trinajstić information content (AvgIpc) is 2.93. The Labute approximate surface area is 208 Å². The third kappa shape index (κ3) is 3.54. The van der Waals surface area contributed by atoms with E-state index >= 15 is 0 Å². The lowest BCUT2D eigenvalue weighted by molar-refractivity contribution is 0.874. The maximum atomic E-state index is 2.40. The van der Waals surface area contributed by atoms with Crippen LogP contribution in [0.4, 0.5) is 0 Å². The first-order valence-corrected chi connectivity index (χ1v) is 12.9. The Hall–Kier alpha value is -3.84. The topological polar surface area (TPSA) is 0 Å². The lowest BCUT2D eigenvalue weighted by Crippen LogP contribution is -2.67. The highest BCUT2D eigenvalue weighted by Gasteiger charge is 2.33. The van der Waals surface area contributed by atoms with Gasteiger partial charge in [0.05, 0.1) is 6.15 Å². The van der Waals surface area contributed by atoms with Gasteiger partial charge in [0.15, 0.2) is 0 Å². The maximum absolute atomic E-state index is 2.40. The van der Waals surface area contributed by atoms with Crippen LogP contribution in [0.25, 0.3) is 32.3 Å². The van der Waals surface area contributed by atoms with Crippen LogP contribution in [-0.2, 0) is 0 Å². The van der Waals surface area contributed by atoms with E-state index in [0.29, 0.717) is 0 Å². The molecule has 0 atom stereocenters. The zero-order valence-corrected chi connectivity index (χ0v) is 20.3. The smallest absolute Gasteiger partial charge is 0.0837 e. The molecule has 0 aliphatic heterocycles. The molecule has 0 spiro atoms. The first-order chi connectivity index (χ1) is 17.3. The predicted molar refractivity (Wildman–Crippen MR) is 156 cm³/mol. The lowest BCUT2D eigenvalue weighted by Gasteiger charge is -2.45. The Morgan fingerprint density at radius 3 is 1.14 bits per heavy atom. The minimum absolute atomic E-state index is 1.12. The van der Waals surface area contributed by atoms with Crippen molar-refractivity contribution in [3.8, 4) is 0 Å². The minimum Gasteiger partial charge on any atom is -0.192 e. The second kappa shape index (κ2) is 9.08. The van der Waals surface area contributed by atoms with E-state index in [1.54, 1.807) is 0 Å². The van der Waals surface area contributed by atoms with Gasteiger partial charge in [-0.1, -0.05) is 163 Å². The molecule has 0 aliphatic rings. The monoisotopic (exact) mass is 449 g/mol. The van der Waals surface area contributed by atoms with Gasteiger partial charge in [0, 0.05) is 0 Å². The average molecular weight is 449 g/mol. The van der Waals surface area contributed by atoms with Crippen molar-refractivity contribution >= 4 is 54.9 Å². The third-order valence-electron chi connectivity index (χ3n) is 8.05. The molecule has 170 valence electrons. The maximum Gasteiger partial charge on any atom is 0.0837 e. The predicted octanol–water partition coefficient (Wildman–Crippen LogP) is 7.42. The van der Waals surface area contributed by atoms with Gasteiger partial charge >= 0.3 is 0 Å². The van der Waals surface area contributed by atoms with Crippen molar-refractivity contribution in [1.29, 1.82) is 0 Å². The summed E-state index contributed by atoms with van der Waals surface area (Å²) in [6.45, 7) is 2.32. The van der Waals surface area contributed by atoms with Crippen LogP contribution in [0.2, 0.25) is 6.32 Å². The molecule has 0 radical (unpaired) electrons. The Kier molecular flexibility index (Phi) is 5.62. The second-order valence-electron chi connectivity index (χ2n) is 9.89. The molecule has 0 aromatic heterocycles. The molecule has 6 rings (SSSR count). The van der Waals surface area contributed by atoms with Crippen molar-refractivity contribution in [2.24, 2.45) is 0 Å². The van der Waals surface area contributed by atoms with Crippen molar-refractivity contribution in [1.82, 2.24) is 0 Å². The zero-order valence-electron chi connectivity index (χ0n) is 20.3. The van der Waals surface area contributed by atoms with Crippen LogP contribution in [0.5, 0.6) is 0 Å². The Morgan fingerprint density at radius 1 is 0.429 bits per heavy atom. The van der Waals surface area contributed by atoms with Gasteiger partial charge in [-0.25, -0.2) is 0 Å². The van der Waals surface area contributed by atoms with E-state index in [2.05, 4.69) is 134 Å². The van der Waals surface area contributed by atoms with Crippen molar-refractivity contribution in [2.45, 2.75) is 26.1 Å². The molecular formula is C34H30B-. The van der Waals surface area contributed by atoms with Crippen LogP contribution in [0.1, 0.15) is 19.8 Å². The molecule has 0 nitrogen and oxygen atoms in total. The third-order valence-corrected chi connectivity index (χ3v) is 8.05. The van der Waals surface area contributed by atoms with Gasteiger partial charge in [-0.2, -0.15) is 22.7 Å². The van der Waals surface area contributed by atoms with E-state index in [-0.39, 0.29) is 0 Å². The van der Waals surface area contributed by atoms with Crippen LogP contribution in [0.15, 0.2) is 127 Å². The Balaban J connectivity index is 1.83. The quantitative estimate of drug-likeness (QED) is 0.232. The molecule has 0 fully saturated rings. The summed E-state index contributed by atoms with van der Waals surface area (Å²) < 4.78 is 0. The molecule has 0 saturated heterocycles. The number of rotatable bonds is 6. The summed E-state index contributed by atoms with van der Waals surface area (Å²) in [5, 5.41) is 8.04. The van der Waals surface area contributed by atoms with E-state index in [0.717, 1.165) is 6.32 Å². The van der Waals surface area contributed by atoms with Gasteiger partial charge in [-0.05, 0) is 16.2 Å². The largest absolute Gasteiger partial charge is 0.192 e. The zero-order chi connectivity index (χ0) is 23.7. The summed E-state index contributed by atoms with van der Waals surface area (Å²) in [6, 6.07) is 47.5. The number of benzene rings is 6. The van der Waals surface area contributed by atoms with E-state index in [4.69, 9.17) is 0 Å². The normalized spacial score (nSPS) is 11.9. The molecule has 0 bridgehead atoms. The fraction of sp³-hybridized carbons (Fsp3) is 0.118. The van der Waals surface area contributed by atoms with Crippen molar-refractivity contribution in [2.75, 3.05) is 0 Å².